The van der Waals surface area contributed by atoms with Crippen molar-refractivity contribution in [2.24, 2.45) is 5.73 Å². The molecule has 7 nitrogen and oxygen atoms in total. The van der Waals surface area contributed by atoms with E-state index in [2.05, 4.69) is 11.9 Å². The number of hydrogen-bond donors (Lipinski definition) is 2. The van der Waals surface area contributed by atoms with E-state index in [1.54, 1.807) is 6.08 Å². The van der Waals surface area contributed by atoms with Crippen molar-refractivity contribution in [3.05, 3.63) is 75.4 Å². The van der Waals surface area contributed by atoms with Crippen LogP contribution in [0.5, 0.6) is 0 Å². The summed E-state index contributed by atoms with van der Waals surface area (Å²) < 4.78 is 1.53. The summed E-state index contributed by atoms with van der Waals surface area (Å²) in [6.45, 7) is 4.04. The molecule has 3 heterocycles. The molecular weight excluding hydrogens is 501 g/mol. The minimum Gasteiger partial charge on any atom is -0.365 e. The van der Waals surface area contributed by atoms with Crippen molar-refractivity contribution >= 4 is 61.5 Å². The van der Waals surface area contributed by atoms with Gasteiger partial charge in [-0.3, -0.25) is 19.0 Å². The molecule has 35 heavy (non-hydrogen) atoms. The van der Waals surface area contributed by atoms with Crippen molar-refractivity contribution in [2.45, 2.75) is 31.0 Å². The molecule has 0 aliphatic heterocycles. The first-order chi connectivity index (χ1) is 17.0. The Bertz CT molecular complexity index is 1520. The standard InChI is InChI=1S/C25H22N4O3S3/c1-2-11-29-24(32)16-12-18(14-7-4-3-5-8-14)35-22(16)28-25(29)33-13-19(30)27-23-20(21(26)31)15-9-6-10-17(15)34-23/h2-5,7-8,12H,1,6,9-11,13H2,(H2,26,31)(H,27,30). The smallest absolute Gasteiger partial charge is 0.263 e. The number of carbonyl (C=O) groups is 2. The van der Waals surface area contributed by atoms with E-state index in [0.717, 1.165) is 40.1 Å². The minimum absolute atomic E-state index is 0.0345. The van der Waals surface area contributed by atoms with Gasteiger partial charge in [0.2, 0.25) is 5.91 Å². The summed E-state index contributed by atoms with van der Waals surface area (Å²) in [4.78, 5) is 45.4. The summed E-state index contributed by atoms with van der Waals surface area (Å²) in [6, 6.07) is 11.7. The van der Waals surface area contributed by atoms with E-state index >= 15 is 0 Å². The molecule has 0 fully saturated rings. The molecule has 10 heteroatoms. The monoisotopic (exact) mass is 522 g/mol. The van der Waals surface area contributed by atoms with Gasteiger partial charge in [0.1, 0.15) is 9.83 Å². The fraction of sp³-hybridized carbons (Fsp3) is 0.200. The normalized spacial score (nSPS) is 12.6. The number of nitrogens with one attached hydrogen (secondary N) is 1. The highest BCUT2D eigenvalue weighted by Crippen LogP contribution is 2.39. The largest absolute Gasteiger partial charge is 0.365 e. The second kappa shape index (κ2) is 9.80. The molecule has 1 aliphatic rings. The van der Waals surface area contributed by atoms with E-state index in [4.69, 9.17) is 10.7 Å². The summed E-state index contributed by atoms with van der Waals surface area (Å²) in [7, 11) is 0. The van der Waals surface area contributed by atoms with E-state index in [0.29, 0.717) is 25.9 Å². The summed E-state index contributed by atoms with van der Waals surface area (Å²) in [5, 5.41) is 4.34. The molecule has 0 saturated heterocycles. The number of primary amides is 1. The SMILES string of the molecule is C=CCn1c(SCC(=O)Nc2sc3c(c2C(N)=O)CCC3)nc2sc(-c3ccccc3)cc2c1=O. The van der Waals surface area contributed by atoms with Crippen LogP contribution in [0.1, 0.15) is 27.2 Å². The van der Waals surface area contributed by atoms with Crippen LogP contribution in [0.25, 0.3) is 20.7 Å². The number of nitrogens with two attached hydrogens (primary N) is 1. The Hall–Kier alpha value is -3.21. The Morgan fingerprint density at radius 1 is 1.23 bits per heavy atom. The van der Waals surface area contributed by atoms with Crippen molar-refractivity contribution < 1.29 is 9.59 Å². The molecule has 0 spiro atoms. The zero-order valence-corrected chi connectivity index (χ0v) is 21.2. The number of carbonyl (C=O) groups excluding carboxylic acids is 2. The van der Waals surface area contributed by atoms with Gasteiger partial charge in [-0.2, -0.15) is 0 Å². The van der Waals surface area contributed by atoms with Gasteiger partial charge in [-0.05, 0) is 36.5 Å². The highest BCUT2D eigenvalue weighted by molar-refractivity contribution is 7.99. The first-order valence-corrected chi connectivity index (χ1v) is 13.7. The van der Waals surface area contributed by atoms with Crippen LogP contribution in [0.3, 0.4) is 0 Å². The van der Waals surface area contributed by atoms with Gasteiger partial charge in [-0.25, -0.2) is 4.98 Å². The van der Waals surface area contributed by atoms with E-state index in [1.165, 1.54) is 39.0 Å². The molecule has 0 bridgehead atoms. The summed E-state index contributed by atoms with van der Waals surface area (Å²) >= 11 is 4.05. The minimum atomic E-state index is -0.522. The predicted octanol–water partition coefficient (Wildman–Crippen LogP) is 4.69. The first-order valence-electron chi connectivity index (χ1n) is 11.0. The quantitative estimate of drug-likeness (QED) is 0.198. The van der Waals surface area contributed by atoms with Crippen LogP contribution in [-0.4, -0.2) is 27.1 Å². The highest BCUT2D eigenvalue weighted by Gasteiger charge is 2.26. The molecule has 178 valence electrons. The third-order valence-corrected chi connectivity index (χ3v) is 9.00. The van der Waals surface area contributed by atoms with Gasteiger partial charge in [0.25, 0.3) is 11.5 Å². The van der Waals surface area contributed by atoms with Crippen molar-refractivity contribution in [3.63, 3.8) is 0 Å². The van der Waals surface area contributed by atoms with E-state index in [1.807, 2.05) is 36.4 Å². The van der Waals surface area contributed by atoms with Crippen molar-refractivity contribution in [3.8, 4) is 10.4 Å². The van der Waals surface area contributed by atoms with Crippen LogP contribution in [0.15, 0.2) is 59.0 Å². The van der Waals surface area contributed by atoms with Gasteiger partial charge in [0, 0.05) is 16.3 Å². The molecule has 1 aromatic carbocycles. The predicted molar refractivity (Wildman–Crippen MR) is 144 cm³/mol. The van der Waals surface area contributed by atoms with Crippen molar-refractivity contribution in [1.29, 1.82) is 0 Å². The third-order valence-electron chi connectivity index (χ3n) is 5.74. The Morgan fingerprint density at radius 2 is 2.03 bits per heavy atom. The first kappa shape index (κ1) is 23.5. The molecular formula is C25H22N4O3S3. The number of fused-ring (bicyclic) bond motifs is 2. The average Bonchev–Trinajstić information content (AvgIpc) is 3.55. The van der Waals surface area contributed by atoms with Gasteiger partial charge in [-0.15, -0.1) is 29.3 Å². The Balaban J connectivity index is 1.40. The number of aryl methyl sites for hydroxylation is 1. The maximum absolute atomic E-state index is 13.2. The number of benzene rings is 1. The van der Waals surface area contributed by atoms with E-state index in [9.17, 15) is 14.4 Å². The lowest BCUT2D eigenvalue weighted by Gasteiger charge is -2.10. The molecule has 0 saturated carbocycles. The van der Waals surface area contributed by atoms with Crippen LogP contribution in [0, 0.1) is 0 Å². The number of allylic oxidation sites excluding steroid dienone is 1. The van der Waals surface area contributed by atoms with Crippen molar-refractivity contribution in [2.75, 3.05) is 11.1 Å². The average molecular weight is 523 g/mol. The number of anilines is 1. The highest BCUT2D eigenvalue weighted by atomic mass is 32.2. The number of aromatic nitrogens is 2. The zero-order chi connectivity index (χ0) is 24.5. The maximum atomic E-state index is 13.2. The summed E-state index contributed by atoms with van der Waals surface area (Å²) in [5.74, 6) is -0.772. The molecule has 3 aromatic heterocycles. The maximum Gasteiger partial charge on any atom is 0.263 e. The lowest BCUT2D eigenvalue weighted by Crippen LogP contribution is -2.23. The molecule has 2 amide bonds. The lowest BCUT2D eigenvalue weighted by atomic mass is 10.1. The Morgan fingerprint density at radius 3 is 2.77 bits per heavy atom. The van der Waals surface area contributed by atoms with Crippen LogP contribution in [0.4, 0.5) is 5.00 Å². The molecule has 0 atom stereocenters. The van der Waals surface area contributed by atoms with Crippen LogP contribution in [0.2, 0.25) is 0 Å². The lowest BCUT2D eigenvalue weighted by molar-refractivity contribution is -0.113. The topological polar surface area (TPSA) is 107 Å². The Kier molecular flexibility index (Phi) is 6.59. The number of rotatable bonds is 8. The fourth-order valence-electron chi connectivity index (χ4n) is 4.19. The van der Waals surface area contributed by atoms with Gasteiger partial charge in [0.05, 0.1) is 16.7 Å². The number of thioether (sulfide) groups is 1. The fourth-order valence-corrected chi connectivity index (χ4v) is 7.39. The van der Waals surface area contributed by atoms with E-state index in [-0.39, 0.29) is 23.8 Å². The third kappa shape index (κ3) is 4.56. The molecule has 0 unspecified atom stereocenters. The second-order valence-corrected chi connectivity index (χ2v) is 11.1. The molecule has 1 aliphatic carbocycles. The number of amides is 2. The molecule has 3 N–H and O–H groups in total. The van der Waals surface area contributed by atoms with Crippen molar-refractivity contribution in [1.82, 2.24) is 9.55 Å². The molecule has 5 rings (SSSR count). The molecule has 0 radical (unpaired) electrons. The van der Waals surface area contributed by atoms with Crippen LogP contribution in [-0.2, 0) is 24.2 Å². The Labute approximate surface area is 213 Å². The van der Waals surface area contributed by atoms with Gasteiger partial charge >= 0.3 is 0 Å². The van der Waals surface area contributed by atoms with E-state index < -0.39 is 5.91 Å². The van der Waals surface area contributed by atoms with Crippen LogP contribution < -0.4 is 16.6 Å². The summed E-state index contributed by atoms with van der Waals surface area (Å²) in [5.41, 5.74) is 7.84. The number of nitrogens with zero attached hydrogens (tertiary/aromatic N) is 2. The van der Waals surface area contributed by atoms with Crippen LogP contribution >= 0.6 is 34.4 Å². The van der Waals surface area contributed by atoms with Gasteiger partial charge < -0.3 is 11.1 Å². The van der Waals surface area contributed by atoms with Gasteiger partial charge in [0.15, 0.2) is 5.16 Å². The van der Waals surface area contributed by atoms with Gasteiger partial charge in [-0.1, -0.05) is 48.2 Å². The second-order valence-electron chi connectivity index (χ2n) is 8.06. The summed E-state index contributed by atoms with van der Waals surface area (Å²) in [6.07, 6.45) is 4.33. The number of hydrogen-bond acceptors (Lipinski definition) is 7. The number of thiophene rings is 2. The zero-order valence-electron chi connectivity index (χ0n) is 18.7. The molecule has 4 aromatic rings.